The molecular formula is C26H25Br2N3O5. The Morgan fingerprint density at radius 1 is 1.00 bits per heavy atom. The van der Waals surface area contributed by atoms with Gasteiger partial charge in [0.2, 0.25) is 11.8 Å². The van der Waals surface area contributed by atoms with Gasteiger partial charge in [-0.3, -0.25) is 9.59 Å². The van der Waals surface area contributed by atoms with E-state index in [9.17, 15) is 9.59 Å². The molecule has 0 radical (unpaired) electrons. The number of anilines is 1. The smallest absolute Gasteiger partial charge is 0.249 e. The molecule has 0 atom stereocenters. The normalized spacial score (nSPS) is 10.7. The average Bonchev–Trinajstić information content (AvgIpc) is 2.85. The quantitative estimate of drug-likeness (QED) is 0.164. The van der Waals surface area contributed by atoms with E-state index in [1.165, 1.54) is 13.3 Å². The Labute approximate surface area is 226 Å². The van der Waals surface area contributed by atoms with Gasteiger partial charge in [-0.2, -0.15) is 5.10 Å². The predicted octanol–water partition coefficient (Wildman–Crippen LogP) is 5.68. The summed E-state index contributed by atoms with van der Waals surface area (Å²) in [5.41, 5.74) is 4.57. The molecular weight excluding hydrogens is 594 g/mol. The second-order valence-corrected chi connectivity index (χ2v) is 9.20. The standard InChI is InChI=1S/C26H25Br2N3O5/c1-3-35-23-12-18(11-22(28)26(23)36-16-17-7-9-19(27)10-8-17)15-29-31-25(33)14-24(32)30-20-5-4-6-21(13-20)34-2/h4-13,15H,3,14,16H2,1-2H3,(H,30,32)(H,31,33). The Hall–Kier alpha value is -3.37. The van der Waals surface area contributed by atoms with Gasteiger partial charge in [-0.1, -0.05) is 34.1 Å². The third kappa shape index (κ3) is 8.39. The number of rotatable bonds is 11. The third-order valence-electron chi connectivity index (χ3n) is 4.71. The van der Waals surface area contributed by atoms with Gasteiger partial charge >= 0.3 is 0 Å². The Kier molecular flexibility index (Phi) is 10.3. The van der Waals surface area contributed by atoms with Crippen molar-refractivity contribution in [3.8, 4) is 17.2 Å². The second kappa shape index (κ2) is 13.6. The number of hydrogen-bond donors (Lipinski definition) is 2. The molecule has 0 unspecified atom stereocenters. The van der Waals surface area contributed by atoms with Crippen LogP contribution in [0.15, 0.2) is 74.7 Å². The van der Waals surface area contributed by atoms with Gasteiger partial charge < -0.3 is 19.5 Å². The predicted molar refractivity (Wildman–Crippen MR) is 146 cm³/mol. The van der Waals surface area contributed by atoms with Gasteiger partial charge in [0.25, 0.3) is 0 Å². The lowest BCUT2D eigenvalue weighted by atomic mass is 10.2. The summed E-state index contributed by atoms with van der Waals surface area (Å²) < 4.78 is 18.5. The van der Waals surface area contributed by atoms with Crippen LogP contribution >= 0.6 is 31.9 Å². The number of nitrogens with zero attached hydrogens (tertiary/aromatic N) is 1. The summed E-state index contributed by atoms with van der Waals surface area (Å²) in [6.45, 7) is 2.69. The fourth-order valence-corrected chi connectivity index (χ4v) is 3.91. The SMILES string of the molecule is CCOc1cc(C=NNC(=O)CC(=O)Nc2cccc(OC)c2)cc(Br)c1OCc1ccc(Br)cc1. The molecule has 10 heteroatoms. The molecule has 0 spiro atoms. The van der Waals surface area contributed by atoms with Crippen LogP contribution in [0.2, 0.25) is 0 Å². The first-order valence-corrected chi connectivity index (χ1v) is 12.6. The Balaban J connectivity index is 1.58. The maximum Gasteiger partial charge on any atom is 0.249 e. The van der Waals surface area contributed by atoms with E-state index in [0.29, 0.717) is 46.2 Å². The number of amides is 2. The fraction of sp³-hybridized carbons (Fsp3) is 0.192. The molecule has 0 aliphatic rings. The lowest BCUT2D eigenvalue weighted by molar-refractivity contribution is -0.126. The Morgan fingerprint density at radius 2 is 1.78 bits per heavy atom. The first-order chi connectivity index (χ1) is 17.4. The van der Waals surface area contributed by atoms with E-state index in [4.69, 9.17) is 14.2 Å². The van der Waals surface area contributed by atoms with Gasteiger partial charge in [0.15, 0.2) is 11.5 Å². The van der Waals surface area contributed by atoms with Crippen molar-refractivity contribution in [1.29, 1.82) is 0 Å². The molecule has 188 valence electrons. The van der Waals surface area contributed by atoms with Crippen LogP contribution in [0, 0.1) is 0 Å². The summed E-state index contributed by atoms with van der Waals surface area (Å²) in [6.07, 6.45) is 1.08. The number of nitrogens with one attached hydrogen (secondary N) is 2. The summed E-state index contributed by atoms with van der Waals surface area (Å²) in [4.78, 5) is 24.3. The zero-order valence-corrected chi connectivity index (χ0v) is 22.9. The van der Waals surface area contributed by atoms with Gasteiger partial charge in [0.1, 0.15) is 18.8 Å². The highest BCUT2D eigenvalue weighted by Gasteiger charge is 2.13. The molecule has 0 heterocycles. The molecule has 0 aliphatic heterocycles. The van der Waals surface area contributed by atoms with Crippen molar-refractivity contribution in [2.45, 2.75) is 20.0 Å². The van der Waals surface area contributed by atoms with Crippen LogP contribution in [-0.4, -0.2) is 31.7 Å². The summed E-state index contributed by atoms with van der Waals surface area (Å²) >= 11 is 6.95. The van der Waals surface area contributed by atoms with E-state index in [1.807, 2.05) is 31.2 Å². The van der Waals surface area contributed by atoms with Crippen LogP contribution in [0.3, 0.4) is 0 Å². The molecule has 0 saturated heterocycles. The van der Waals surface area contributed by atoms with Gasteiger partial charge in [-0.25, -0.2) is 5.43 Å². The molecule has 2 amide bonds. The van der Waals surface area contributed by atoms with E-state index in [1.54, 1.807) is 36.4 Å². The van der Waals surface area contributed by atoms with E-state index < -0.39 is 11.8 Å². The van der Waals surface area contributed by atoms with Gasteiger partial charge in [-0.15, -0.1) is 0 Å². The zero-order valence-electron chi connectivity index (χ0n) is 19.7. The maximum absolute atomic E-state index is 12.1. The second-order valence-electron chi connectivity index (χ2n) is 7.43. The number of carbonyl (C=O) groups excluding carboxylic acids is 2. The minimum Gasteiger partial charge on any atom is -0.497 e. The molecule has 36 heavy (non-hydrogen) atoms. The summed E-state index contributed by atoms with van der Waals surface area (Å²) in [7, 11) is 1.53. The fourth-order valence-electron chi connectivity index (χ4n) is 3.07. The topological polar surface area (TPSA) is 98.2 Å². The third-order valence-corrected chi connectivity index (χ3v) is 5.82. The number of benzene rings is 3. The average molecular weight is 619 g/mol. The molecule has 0 fully saturated rings. The number of hydrazone groups is 1. The number of halogens is 2. The minimum absolute atomic E-state index is 0.368. The van der Waals surface area contributed by atoms with E-state index in [0.717, 1.165) is 10.0 Å². The largest absolute Gasteiger partial charge is 0.497 e. The number of ether oxygens (including phenoxy) is 3. The maximum atomic E-state index is 12.1. The molecule has 0 bridgehead atoms. The molecule has 3 aromatic carbocycles. The highest BCUT2D eigenvalue weighted by Crippen LogP contribution is 2.37. The van der Waals surface area contributed by atoms with Gasteiger partial charge in [0.05, 0.1) is 24.4 Å². The molecule has 0 aromatic heterocycles. The van der Waals surface area contributed by atoms with Crippen LogP contribution < -0.4 is 25.0 Å². The van der Waals surface area contributed by atoms with Crippen molar-refractivity contribution in [3.05, 3.63) is 80.7 Å². The number of methoxy groups -OCH3 is 1. The molecule has 0 aliphatic carbocycles. The highest BCUT2D eigenvalue weighted by molar-refractivity contribution is 9.10. The van der Waals surface area contributed by atoms with Crippen LogP contribution in [0.5, 0.6) is 17.2 Å². The molecule has 8 nitrogen and oxygen atoms in total. The lowest BCUT2D eigenvalue weighted by Crippen LogP contribution is -2.24. The molecule has 0 saturated carbocycles. The van der Waals surface area contributed by atoms with E-state index in [2.05, 4.69) is 47.7 Å². The number of hydrogen-bond acceptors (Lipinski definition) is 6. The van der Waals surface area contributed by atoms with Crippen molar-refractivity contribution in [2.75, 3.05) is 19.0 Å². The summed E-state index contributed by atoms with van der Waals surface area (Å²) in [5, 5.41) is 6.60. The zero-order chi connectivity index (χ0) is 25.9. The monoisotopic (exact) mass is 617 g/mol. The van der Waals surface area contributed by atoms with Gasteiger partial charge in [0, 0.05) is 16.2 Å². The summed E-state index contributed by atoms with van der Waals surface area (Å²) in [5.74, 6) is 0.684. The van der Waals surface area contributed by atoms with Crippen molar-refractivity contribution in [3.63, 3.8) is 0 Å². The Bertz CT molecular complexity index is 1230. The van der Waals surface area contributed by atoms with E-state index >= 15 is 0 Å². The van der Waals surface area contributed by atoms with Crippen molar-refractivity contribution >= 4 is 55.6 Å². The van der Waals surface area contributed by atoms with Crippen LogP contribution in [0.1, 0.15) is 24.5 Å². The van der Waals surface area contributed by atoms with Crippen LogP contribution in [0.4, 0.5) is 5.69 Å². The lowest BCUT2D eigenvalue weighted by Gasteiger charge is -2.14. The minimum atomic E-state index is -0.551. The summed E-state index contributed by atoms with van der Waals surface area (Å²) in [6, 6.07) is 18.3. The highest BCUT2D eigenvalue weighted by atomic mass is 79.9. The number of carbonyl (C=O) groups is 2. The van der Waals surface area contributed by atoms with Crippen LogP contribution in [-0.2, 0) is 16.2 Å². The van der Waals surface area contributed by atoms with Crippen molar-refractivity contribution in [2.24, 2.45) is 5.10 Å². The molecule has 3 rings (SSSR count). The van der Waals surface area contributed by atoms with Crippen molar-refractivity contribution in [1.82, 2.24) is 5.43 Å². The first kappa shape index (κ1) is 27.2. The molecule has 2 N–H and O–H groups in total. The van der Waals surface area contributed by atoms with E-state index in [-0.39, 0.29) is 6.42 Å². The van der Waals surface area contributed by atoms with Crippen LogP contribution in [0.25, 0.3) is 0 Å². The van der Waals surface area contributed by atoms with Gasteiger partial charge in [-0.05, 0) is 70.4 Å². The Morgan fingerprint density at radius 3 is 2.50 bits per heavy atom. The first-order valence-electron chi connectivity index (χ1n) is 11.0. The molecule has 3 aromatic rings. The van der Waals surface area contributed by atoms with Crippen molar-refractivity contribution < 1.29 is 23.8 Å².